The van der Waals surface area contributed by atoms with Crippen molar-refractivity contribution < 1.29 is 9.18 Å². The third-order valence-corrected chi connectivity index (χ3v) is 4.33. The first-order valence-electron chi connectivity index (χ1n) is 5.28. The summed E-state index contributed by atoms with van der Waals surface area (Å²) >= 11 is 2.24. The van der Waals surface area contributed by atoms with E-state index in [-0.39, 0.29) is 21.6 Å². The molecule has 0 saturated carbocycles. The number of carbonyl (C=O) groups excluding carboxylic acids is 1. The molecule has 16 heavy (non-hydrogen) atoms. The largest absolute Gasteiger partial charge is 0.374 e. The zero-order valence-electron chi connectivity index (χ0n) is 9.18. The lowest BCUT2D eigenvalue weighted by Gasteiger charge is -2.10. The Morgan fingerprint density at radius 3 is 2.81 bits per heavy atom. The summed E-state index contributed by atoms with van der Waals surface area (Å²) in [4.78, 5) is 11.4. The van der Waals surface area contributed by atoms with E-state index in [1.165, 1.54) is 6.07 Å². The molecule has 1 aliphatic heterocycles. The number of aryl methyl sites for hydroxylation is 1. The Balaban J connectivity index is 2.44. The van der Waals surface area contributed by atoms with Crippen molar-refractivity contribution in [3.05, 3.63) is 29.1 Å². The predicted molar refractivity (Wildman–Crippen MR) is 70.6 cm³/mol. The average molecular weight is 333 g/mol. The Kier molecular flexibility index (Phi) is 3.19. The first kappa shape index (κ1) is 11.8. The highest BCUT2D eigenvalue weighted by molar-refractivity contribution is 14.1. The number of hydrogen-bond donors (Lipinski definition) is 1. The molecule has 1 aliphatic rings. The normalized spacial score (nSPS) is 22.8. The monoisotopic (exact) mass is 333 g/mol. The third kappa shape index (κ3) is 1.83. The standard InChI is InChI=1S/C12H13FINO/c1-3-7-4-8-10(5-9(7)13)15-12(6(2)16)11(8)14/h4-5,11-12,15H,3H2,1-2H3. The van der Waals surface area contributed by atoms with E-state index < -0.39 is 0 Å². The Morgan fingerprint density at radius 1 is 1.56 bits per heavy atom. The van der Waals surface area contributed by atoms with Gasteiger partial charge in [0.2, 0.25) is 0 Å². The Hall–Kier alpha value is -0.650. The van der Waals surface area contributed by atoms with E-state index in [9.17, 15) is 9.18 Å². The van der Waals surface area contributed by atoms with Crippen LogP contribution in [0, 0.1) is 5.82 Å². The Bertz CT molecular complexity index is 447. The number of hydrogen-bond acceptors (Lipinski definition) is 2. The molecule has 1 N–H and O–H groups in total. The van der Waals surface area contributed by atoms with Crippen molar-refractivity contribution >= 4 is 34.1 Å². The molecule has 2 unspecified atom stereocenters. The minimum Gasteiger partial charge on any atom is -0.374 e. The summed E-state index contributed by atoms with van der Waals surface area (Å²) in [5.41, 5.74) is 2.51. The van der Waals surface area contributed by atoms with Gasteiger partial charge < -0.3 is 5.32 Å². The van der Waals surface area contributed by atoms with Gasteiger partial charge >= 0.3 is 0 Å². The van der Waals surface area contributed by atoms with Gasteiger partial charge in [0.05, 0.1) is 3.92 Å². The number of Topliss-reactive ketones (excluding diaryl/α,β-unsaturated/α-hetero) is 1. The quantitative estimate of drug-likeness (QED) is 0.665. The summed E-state index contributed by atoms with van der Waals surface area (Å²) in [5, 5.41) is 3.08. The fraction of sp³-hybridized carbons (Fsp3) is 0.417. The number of anilines is 1. The van der Waals surface area contributed by atoms with Gasteiger partial charge in [0, 0.05) is 5.69 Å². The second-order valence-corrected chi connectivity index (χ2v) is 5.36. The zero-order chi connectivity index (χ0) is 11.9. The topological polar surface area (TPSA) is 29.1 Å². The second kappa shape index (κ2) is 4.31. The molecule has 1 aromatic carbocycles. The lowest BCUT2D eigenvalue weighted by atomic mass is 10.0. The molecular weight excluding hydrogens is 320 g/mol. The number of halogens is 2. The number of carbonyl (C=O) groups is 1. The molecule has 0 spiro atoms. The van der Waals surface area contributed by atoms with Gasteiger partial charge in [0.25, 0.3) is 0 Å². The van der Waals surface area contributed by atoms with Crippen molar-refractivity contribution in [1.29, 1.82) is 0 Å². The summed E-state index contributed by atoms with van der Waals surface area (Å²) in [5.74, 6) is -0.101. The van der Waals surface area contributed by atoms with E-state index in [1.54, 1.807) is 6.92 Å². The molecule has 2 nitrogen and oxygen atoms in total. The van der Waals surface area contributed by atoms with Gasteiger partial charge in [-0.25, -0.2) is 4.39 Å². The fourth-order valence-electron chi connectivity index (χ4n) is 1.99. The first-order valence-corrected chi connectivity index (χ1v) is 6.52. The van der Waals surface area contributed by atoms with Crippen LogP contribution in [-0.4, -0.2) is 11.8 Å². The molecule has 2 rings (SSSR count). The van der Waals surface area contributed by atoms with E-state index >= 15 is 0 Å². The number of ketones is 1. The fourth-order valence-corrected chi connectivity index (χ4v) is 3.19. The Morgan fingerprint density at radius 2 is 2.25 bits per heavy atom. The van der Waals surface area contributed by atoms with Crippen molar-refractivity contribution in [3.63, 3.8) is 0 Å². The SMILES string of the molecule is CCc1cc2c(cc1F)NC(C(C)=O)C2I. The van der Waals surface area contributed by atoms with Crippen molar-refractivity contribution in [2.45, 2.75) is 30.2 Å². The van der Waals surface area contributed by atoms with Gasteiger partial charge in [-0.2, -0.15) is 0 Å². The summed E-state index contributed by atoms with van der Waals surface area (Å²) in [7, 11) is 0. The molecule has 1 aromatic rings. The van der Waals surface area contributed by atoms with Gasteiger partial charge in [0.1, 0.15) is 11.9 Å². The molecule has 2 atom stereocenters. The number of nitrogens with one attached hydrogen (secondary N) is 1. The predicted octanol–water partition coefficient (Wildman–Crippen LogP) is 3.25. The van der Waals surface area contributed by atoms with Gasteiger partial charge in [-0.05, 0) is 36.6 Å². The summed E-state index contributed by atoms with van der Waals surface area (Å²) in [6.07, 6.45) is 0.674. The molecule has 0 amide bonds. The molecule has 4 heteroatoms. The van der Waals surface area contributed by atoms with E-state index in [4.69, 9.17) is 0 Å². The van der Waals surface area contributed by atoms with Crippen LogP contribution in [-0.2, 0) is 11.2 Å². The number of fused-ring (bicyclic) bond motifs is 1. The van der Waals surface area contributed by atoms with Crippen LogP contribution in [0.2, 0.25) is 0 Å². The Labute approximate surface area is 108 Å². The molecule has 1 heterocycles. The van der Waals surface area contributed by atoms with Crippen molar-refractivity contribution in [2.24, 2.45) is 0 Å². The number of rotatable bonds is 2. The van der Waals surface area contributed by atoms with Crippen LogP contribution in [0.3, 0.4) is 0 Å². The van der Waals surface area contributed by atoms with Crippen LogP contribution < -0.4 is 5.32 Å². The van der Waals surface area contributed by atoms with Crippen molar-refractivity contribution in [1.82, 2.24) is 0 Å². The summed E-state index contributed by atoms with van der Waals surface area (Å²) in [6, 6.07) is 3.16. The van der Waals surface area contributed by atoms with Gasteiger partial charge in [-0.3, -0.25) is 4.79 Å². The molecule has 0 bridgehead atoms. The van der Waals surface area contributed by atoms with Crippen molar-refractivity contribution in [3.8, 4) is 0 Å². The van der Waals surface area contributed by atoms with Gasteiger partial charge in [-0.15, -0.1) is 0 Å². The highest BCUT2D eigenvalue weighted by atomic mass is 127. The maximum atomic E-state index is 13.6. The smallest absolute Gasteiger partial charge is 0.153 e. The minimum absolute atomic E-state index is 0.0917. The highest BCUT2D eigenvalue weighted by Gasteiger charge is 2.33. The summed E-state index contributed by atoms with van der Waals surface area (Å²) in [6.45, 7) is 3.49. The minimum atomic E-state index is -0.220. The highest BCUT2D eigenvalue weighted by Crippen LogP contribution is 2.41. The maximum absolute atomic E-state index is 13.6. The zero-order valence-corrected chi connectivity index (χ0v) is 11.3. The molecule has 86 valence electrons. The van der Waals surface area contributed by atoms with Crippen LogP contribution in [0.15, 0.2) is 12.1 Å². The van der Waals surface area contributed by atoms with E-state index in [0.29, 0.717) is 12.0 Å². The average Bonchev–Trinajstić information content (AvgIpc) is 2.54. The molecule has 0 aromatic heterocycles. The molecule has 0 aliphatic carbocycles. The van der Waals surface area contributed by atoms with Crippen molar-refractivity contribution in [2.75, 3.05) is 5.32 Å². The van der Waals surface area contributed by atoms with Gasteiger partial charge in [0.15, 0.2) is 5.78 Å². The second-order valence-electron chi connectivity index (χ2n) is 4.02. The van der Waals surface area contributed by atoms with E-state index in [2.05, 4.69) is 27.9 Å². The number of benzene rings is 1. The maximum Gasteiger partial charge on any atom is 0.153 e. The van der Waals surface area contributed by atoms with Crippen LogP contribution in [0.5, 0.6) is 0 Å². The number of alkyl halides is 1. The summed E-state index contributed by atoms with van der Waals surface area (Å²) < 4.78 is 13.7. The molecule has 0 saturated heterocycles. The molecule has 0 fully saturated rings. The van der Waals surface area contributed by atoms with Crippen LogP contribution in [0.1, 0.15) is 28.9 Å². The first-order chi connectivity index (χ1) is 7.54. The van der Waals surface area contributed by atoms with Gasteiger partial charge in [-0.1, -0.05) is 29.5 Å². The van der Waals surface area contributed by atoms with E-state index in [0.717, 1.165) is 11.3 Å². The van der Waals surface area contributed by atoms with Crippen LogP contribution in [0.4, 0.5) is 10.1 Å². The van der Waals surface area contributed by atoms with Crippen LogP contribution >= 0.6 is 22.6 Å². The molecular formula is C12H13FINO. The van der Waals surface area contributed by atoms with E-state index in [1.807, 2.05) is 13.0 Å². The van der Waals surface area contributed by atoms with Crippen LogP contribution in [0.25, 0.3) is 0 Å². The molecule has 0 radical (unpaired) electrons. The third-order valence-electron chi connectivity index (χ3n) is 2.94. The lowest BCUT2D eigenvalue weighted by Crippen LogP contribution is -2.25. The lowest BCUT2D eigenvalue weighted by molar-refractivity contribution is -0.117.